The first-order valence-electron chi connectivity index (χ1n) is 2.65. The maximum absolute atomic E-state index is 3.39. The minimum atomic E-state index is 0. The predicted octanol–water partition coefficient (Wildman–Crippen LogP) is -2.06. The van der Waals surface area contributed by atoms with Crippen molar-refractivity contribution in [2.24, 2.45) is 0 Å². The first-order chi connectivity index (χ1) is 3.89. The van der Waals surface area contributed by atoms with Gasteiger partial charge in [-0.1, -0.05) is 20.8 Å². The molecule has 0 radical (unpaired) electrons. The Morgan fingerprint density at radius 1 is 1.44 bits per heavy atom. The molecule has 1 rings (SSSR count). The van der Waals surface area contributed by atoms with Gasteiger partial charge in [-0.05, 0) is 0 Å². The van der Waals surface area contributed by atoms with Crippen LogP contribution in [0.15, 0.2) is 0 Å². The molecule has 0 unspecified atom stereocenters. The molecule has 4 heteroatoms. The topological polar surface area (TPSA) is 41.6 Å². The Morgan fingerprint density at radius 3 is 2.11 bits per heavy atom. The standard InChI is InChI=1S/C3H4N3.C2H6.Rb/c1-3-2-4-6-5-3;1-2;/h1H3,(H,4,5,6);1-2H3;/q-1;;+1. The number of hydrogen-bond acceptors (Lipinski definition) is 2. The molecule has 0 fully saturated rings. The first-order valence-corrected chi connectivity index (χ1v) is 2.65. The average Bonchev–Trinajstić information content (AvgIpc) is 2.24. The van der Waals surface area contributed by atoms with Crippen molar-refractivity contribution in [2.45, 2.75) is 20.8 Å². The number of rotatable bonds is 0. The molecular formula is C5H10N3Rb. The summed E-state index contributed by atoms with van der Waals surface area (Å²) in [6.07, 6.45) is 2.58. The normalized spacial score (nSPS) is 6.56. The molecule has 0 aromatic carbocycles. The third-order valence-electron chi connectivity index (χ3n) is 0.485. The number of hydrogen-bond donors (Lipinski definition) is 1. The van der Waals surface area contributed by atoms with E-state index in [4.69, 9.17) is 0 Å². The molecule has 1 aromatic rings. The second-order valence-corrected chi connectivity index (χ2v) is 1.05. The molecule has 0 spiro atoms. The van der Waals surface area contributed by atoms with Crippen LogP contribution in [0.3, 0.4) is 0 Å². The zero-order valence-electron chi connectivity index (χ0n) is 6.39. The molecular weight excluding hydrogens is 188 g/mol. The Kier molecular flexibility index (Phi) is 12.5. The van der Waals surface area contributed by atoms with E-state index < -0.39 is 0 Å². The minimum Gasteiger partial charge on any atom is -0.352 e. The summed E-state index contributed by atoms with van der Waals surface area (Å²) in [5.74, 6) is 0. The van der Waals surface area contributed by atoms with Gasteiger partial charge in [-0.25, -0.2) is 0 Å². The summed E-state index contributed by atoms with van der Waals surface area (Å²) in [6.45, 7) is 5.85. The number of aromatic amines is 1. The SMILES string of the molecule is CC.Cc1[c-]nn[nH]1.[Rb+]. The number of H-pyrrole nitrogens is 1. The van der Waals surface area contributed by atoms with E-state index in [9.17, 15) is 0 Å². The van der Waals surface area contributed by atoms with E-state index in [2.05, 4.69) is 21.6 Å². The van der Waals surface area contributed by atoms with Gasteiger partial charge in [0.2, 0.25) is 0 Å². The van der Waals surface area contributed by atoms with Gasteiger partial charge in [-0.2, -0.15) is 0 Å². The van der Waals surface area contributed by atoms with Crippen LogP contribution in [-0.4, -0.2) is 15.4 Å². The van der Waals surface area contributed by atoms with Gasteiger partial charge in [0.25, 0.3) is 0 Å². The maximum atomic E-state index is 3.39. The molecule has 0 saturated carbocycles. The van der Waals surface area contributed by atoms with Gasteiger partial charge in [-0.15, -0.1) is 10.9 Å². The zero-order valence-corrected chi connectivity index (χ0v) is 11.3. The molecule has 0 bridgehead atoms. The van der Waals surface area contributed by atoms with E-state index >= 15 is 0 Å². The monoisotopic (exact) mass is 197 g/mol. The number of aryl methyl sites for hydroxylation is 1. The smallest absolute Gasteiger partial charge is 0.352 e. The fraction of sp³-hybridized carbons (Fsp3) is 0.600. The maximum Gasteiger partial charge on any atom is 1.00 e. The Morgan fingerprint density at radius 2 is 2.00 bits per heavy atom. The Balaban J connectivity index is 0. The molecule has 0 atom stereocenters. The number of nitrogens with one attached hydrogen (secondary N) is 1. The van der Waals surface area contributed by atoms with Crippen LogP contribution >= 0.6 is 0 Å². The van der Waals surface area contributed by atoms with Crippen molar-refractivity contribution >= 4 is 0 Å². The van der Waals surface area contributed by atoms with E-state index in [1.165, 1.54) is 0 Å². The van der Waals surface area contributed by atoms with E-state index in [0.29, 0.717) is 0 Å². The van der Waals surface area contributed by atoms with Crippen molar-refractivity contribution in [3.8, 4) is 0 Å². The van der Waals surface area contributed by atoms with Crippen LogP contribution in [0.4, 0.5) is 0 Å². The predicted molar refractivity (Wildman–Crippen MR) is 31.3 cm³/mol. The Labute approximate surface area is 104 Å². The number of aromatic nitrogens is 3. The van der Waals surface area contributed by atoms with Crippen LogP contribution in [0.1, 0.15) is 19.5 Å². The van der Waals surface area contributed by atoms with Crippen molar-refractivity contribution < 1.29 is 58.2 Å². The fourth-order valence-electron chi connectivity index (χ4n) is 0.225. The van der Waals surface area contributed by atoms with Crippen LogP contribution in [0.2, 0.25) is 0 Å². The second-order valence-electron chi connectivity index (χ2n) is 1.05. The van der Waals surface area contributed by atoms with Crippen LogP contribution in [-0.2, 0) is 0 Å². The quantitative estimate of drug-likeness (QED) is 0.487. The largest absolute Gasteiger partial charge is 1.00 e. The summed E-state index contributed by atoms with van der Waals surface area (Å²) >= 11 is 0. The molecule has 0 aliphatic carbocycles. The van der Waals surface area contributed by atoms with E-state index in [-0.39, 0.29) is 58.2 Å². The van der Waals surface area contributed by atoms with Crippen LogP contribution in [0.25, 0.3) is 0 Å². The van der Waals surface area contributed by atoms with Gasteiger partial charge in [0.15, 0.2) is 0 Å². The van der Waals surface area contributed by atoms with Crippen molar-refractivity contribution in [3.05, 3.63) is 11.9 Å². The van der Waals surface area contributed by atoms with Gasteiger partial charge >= 0.3 is 58.2 Å². The van der Waals surface area contributed by atoms with Crippen molar-refractivity contribution in [1.82, 2.24) is 15.4 Å². The summed E-state index contributed by atoms with van der Waals surface area (Å²) in [5.41, 5.74) is 0.870. The molecule has 1 heterocycles. The summed E-state index contributed by atoms with van der Waals surface area (Å²) in [4.78, 5) is 0. The molecule has 46 valence electrons. The molecule has 9 heavy (non-hydrogen) atoms. The minimum absolute atomic E-state index is 0. The van der Waals surface area contributed by atoms with Gasteiger partial charge in [0.1, 0.15) is 0 Å². The third kappa shape index (κ3) is 6.84. The van der Waals surface area contributed by atoms with Crippen molar-refractivity contribution in [2.75, 3.05) is 0 Å². The van der Waals surface area contributed by atoms with Crippen LogP contribution in [0, 0.1) is 13.1 Å². The molecule has 0 aliphatic rings. The molecule has 0 saturated heterocycles. The summed E-state index contributed by atoms with van der Waals surface area (Å²) in [5, 5.41) is 9.37. The Hall–Kier alpha value is 0.945. The molecule has 3 nitrogen and oxygen atoms in total. The molecule has 0 amide bonds. The third-order valence-corrected chi connectivity index (χ3v) is 0.485. The van der Waals surface area contributed by atoms with Crippen molar-refractivity contribution in [3.63, 3.8) is 0 Å². The average molecular weight is 198 g/mol. The zero-order chi connectivity index (χ0) is 6.41. The van der Waals surface area contributed by atoms with E-state index in [0.717, 1.165) is 5.69 Å². The van der Waals surface area contributed by atoms with Crippen LogP contribution < -0.4 is 58.2 Å². The van der Waals surface area contributed by atoms with Crippen molar-refractivity contribution in [1.29, 1.82) is 0 Å². The fourth-order valence-corrected chi connectivity index (χ4v) is 0.225. The van der Waals surface area contributed by atoms with Gasteiger partial charge in [-0.3, -0.25) is 0 Å². The van der Waals surface area contributed by atoms with Gasteiger partial charge < -0.3 is 16.4 Å². The van der Waals surface area contributed by atoms with Gasteiger partial charge in [0, 0.05) is 0 Å². The van der Waals surface area contributed by atoms with Crippen LogP contribution in [0.5, 0.6) is 0 Å². The first kappa shape index (κ1) is 12.6. The Bertz CT molecular complexity index is 116. The van der Waals surface area contributed by atoms with E-state index in [1.54, 1.807) is 0 Å². The summed E-state index contributed by atoms with van der Waals surface area (Å²) in [6, 6.07) is 0. The van der Waals surface area contributed by atoms with E-state index in [1.807, 2.05) is 20.8 Å². The number of nitrogens with zero attached hydrogens (tertiary/aromatic N) is 2. The second kappa shape index (κ2) is 8.95. The molecule has 0 aliphatic heterocycles. The summed E-state index contributed by atoms with van der Waals surface area (Å²) < 4.78 is 0. The molecule has 1 N–H and O–H groups in total. The summed E-state index contributed by atoms with van der Waals surface area (Å²) in [7, 11) is 0. The van der Waals surface area contributed by atoms with Gasteiger partial charge in [0.05, 0.1) is 0 Å². The molecule has 1 aromatic heterocycles.